The third-order valence-electron chi connectivity index (χ3n) is 4.01. The molecule has 150 valence electrons. The predicted molar refractivity (Wildman–Crippen MR) is 112 cm³/mol. The zero-order valence-electron chi connectivity index (χ0n) is 15.1. The maximum atomic E-state index is 12.7. The molecule has 1 N–H and O–H groups in total. The summed E-state index contributed by atoms with van der Waals surface area (Å²) in [6, 6.07) is 8.87. The number of thioether (sulfide) groups is 1. The van der Waals surface area contributed by atoms with Crippen LogP contribution in [0, 0.1) is 10.1 Å². The lowest BCUT2D eigenvalue weighted by atomic mass is 10.1. The standard InChI is InChI=1S/C19H15BrN2O6S/c1-2-28-15-8-12(7-14(20)17(15)23)9-16-18(24)21(19(25)29-16)10-11-3-5-13(6-4-11)22(26)27/h3-9,23H,2,10H2,1H3/b16-9+. The number of nitro benzene ring substituents is 1. The summed E-state index contributed by atoms with van der Waals surface area (Å²) in [5, 5.41) is 20.3. The molecule has 0 spiro atoms. The fourth-order valence-electron chi connectivity index (χ4n) is 2.64. The highest BCUT2D eigenvalue weighted by atomic mass is 79.9. The van der Waals surface area contributed by atoms with E-state index < -0.39 is 16.1 Å². The number of amides is 2. The number of imide groups is 1. The molecule has 10 heteroatoms. The van der Waals surface area contributed by atoms with Gasteiger partial charge >= 0.3 is 0 Å². The molecule has 0 bridgehead atoms. The highest BCUT2D eigenvalue weighted by Crippen LogP contribution is 2.38. The summed E-state index contributed by atoms with van der Waals surface area (Å²) in [6.07, 6.45) is 1.55. The van der Waals surface area contributed by atoms with E-state index in [0.29, 0.717) is 22.2 Å². The highest BCUT2D eigenvalue weighted by Gasteiger charge is 2.35. The second-order valence-corrected chi connectivity index (χ2v) is 7.82. The van der Waals surface area contributed by atoms with E-state index in [1.54, 1.807) is 25.1 Å². The second-order valence-electron chi connectivity index (χ2n) is 5.97. The van der Waals surface area contributed by atoms with Crippen molar-refractivity contribution < 1.29 is 24.4 Å². The van der Waals surface area contributed by atoms with Crippen LogP contribution in [0.4, 0.5) is 10.5 Å². The van der Waals surface area contributed by atoms with E-state index in [2.05, 4.69) is 15.9 Å². The Hall–Kier alpha value is -2.85. The minimum atomic E-state index is -0.515. The number of phenolic OH excluding ortho intramolecular Hbond substituents is 1. The Labute approximate surface area is 178 Å². The van der Waals surface area contributed by atoms with Crippen LogP contribution < -0.4 is 4.74 Å². The number of nitrogens with zero attached hydrogens (tertiary/aromatic N) is 2. The largest absolute Gasteiger partial charge is 0.503 e. The third-order valence-corrected chi connectivity index (χ3v) is 5.52. The van der Waals surface area contributed by atoms with Gasteiger partial charge in [-0.05, 0) is 64.0 Å². The smallest absolute Gasteiger partial charge is 0.293 e. The maximum Gasteiger partial charge on any atom is 0.293 e. The Morgan fingerprint density at radius 3 is 2.59 bits per heavy atom. The van der Waals surface area contributed by atoms with Crippen LogP contribution in [0.25, 0.3) is 6.08 Å². The molecule has 0 aromatic heterocycles. The fourth-order valence-corrected chi connectivity index (χ4v) is 3.93. The van der Waals surface area contributed by atoms with Gasteiger partial charge in [-0.3, -0.25) is 24.6 Å². The van der Waals surface area contributed by atoms with E-state index >= 15 is 0 Å². The summed E-state index contributed by atoms with van der Waals surface area (Å²) in [4.78, 5) is 36.5. The molecule has 0 saturated carbocycles. The Kier molecular flexibility index (Phi) is 6.23. The molecule has 1 aliphatic heterocycles. The first kappa shape index (κ1) is 20.9. The Morgan fingerprint density at radius 1 is 1.28 bits per heavy atom. The molecule has 1 fully saturated rings. The van der Waals surface area contributed by atoms with Crippen LogP contribution in [0.1, 0.15) is 18.1 Å². The number of carbonyl (C=O) groups excluding carboxylic acids is 2. The number of hydrogen-bond acceptors (Lipinski definition) is 7. The Bertz CT molecular complexity index is 1020. The first-order valence-corrected chi connectivity index (χ1v) is 10.0. The topological polar surface area (TPSA) is 110 Å². The summed E-state index contributed by atoms with van der Waals surface area (Å²) in [5.74, 6) is -0.242. The molecule has 1 aliphatic rings. The van der Waals surface area contributed by atoms with Crippen LogP contribution >= 0.6 is 27.7 Å². The Balaban J connectivity index is 1.82. The molecule has 2 aromatic carbocycles. The van der Waals surface area contributed by atoms with Crippen LogP contribution in [0.3, 0.4) is 0 Å². The normalized spacial score (nSPS) is 15.2. The van der Waals surface area contributed by atoms with Gasteiger partial charge in [0.25, 0.3) is 16.8 Å². The van der Waals surface area contributed by atoms with Gasteiger partial charge in [0.15, 0.2) is 11.5 Å². The van der Waals surface area contributed by atoms with E-state index in [9.17, 15) is 24.8 Å². The van der Waals surface area contributed by atoms with Crippen molar-refractivity contribution in [1.82, 2.24) is 4.90 Å². The minimum Gasteiger partial charge on any atom is -0.503 e. The average Bonchev–Trinajstić information content (AvgIpc) is 2.93. The van der Waals surface area contributed by atoms with Crippen LogP contribution in [-0.2, 0) is 11.3 Å². The summed E-state index contributed by atoms with van der Waals surface area (Å²) in [5.41, 5.74) is 1.12. The fraction of sp³-hybridized carbons (Fsp3) is 0.158. The number of carbonyl (C=O) groups is 2. The first-order chi connectivity index (χ1) is 13.8. The number of aromatic hydroxyl groups is 1. The zero-order valence-corrected chi connectivity index (χ0v) is 17.5. The molecule has 0 radical (unpaired) electrons. The SMILES string of the molecule is CCOc1cc(/C=C2/SC(=O)N(Cc3ccc([N+](=O)[O-])cc3)C2=O)cc(Br)c1O. The monoisotopic (exact) mass is 478 g/mol. The lowest BCUT2D eigenvalue weighted by molar-refractivity contribution is -0.384. The molecule has 2 amide bonds. The van der Waals surface area contributed by atoms with Crippen LogP contribution in [0.2, 0.25) is 0 Å². The molecule has 0 unspecified atom stereocenters. The van der Waals surface area contributed by atoms with Crippen LogP contribution in [0.5, 0.6) is 11.5 Å². The van der Waals surface area contributed by atoms with E-state index in [1.165, 1.54) is 24.3 Å². The molecular weight excluding hydrogens is 464 g/mol. The summed E-state index contributed by atoms with van der Waals surface area (Å²) < 4.78 is 5.77. The number of benzene rings is 2. The second kappa shape index (κ2) is 8.66. The van der Waals surface area contributed by atoms with Gasteiger partial charge in [-0.1, -0.05) is 12.1 Å². The van der Waals surface area contributed by atoms with E-state index in [4.69, 9.17) is 4.74 Å². The predicted octanol–water partition coefficient (Wildman–Crippen LogP) is 4.70. The molecule has 1 saturated heterocycles. The zero-order chi connectivity index (χ0) is 21.1. The third kappa shape index (κ3) is 4.60. The van der Waals surface area contributed by atoms with Gasteiger partial charge < -0.3 is 9.84 Å². The van der Waals surface area contributed by atoms with E-state index in [0.717, 1.165) is 16.7 Å². The van der Waals surface area contributed by atoms with Crippen molar-refractivity contribution >= 4 is 50.6 Å². The summed E-state index contributed by atoms with van der Waals surface area (Å²) in [6.45, 7) is 2.16. The van der Waals surface area contributed by atoms with Gasteiger partial charge in [-0.2, -0.15) is 0 Å². The van der Waals surface area contributed by atoms with Gasteiger partial charge in [-0.15, -0.1) is 0 Å². The molecule has 1 heterocycles. The number of rotatable bonds is 6. The number of hydrogen-bond donors (Lipinski definition) is 1. The maximum absolute atomic E-state index is 12.7. The van der Waals surface area contributed by atoms with Crippen LogP contribution in [0.15, 0.2) is 45.8 Å². The van der Waals surface area contributed by atoms with Gasteiger partial charge in [-0.25, -0.2) is 0 Å². The minimum absolute atomic E-state index is 0.0173. The molecular formula is C19H15BrN2O6S. The molecule has 3 rings (SSSR count). The van der Waals surface area contributed by atoms with E-state index in [1.807, 2.05) is 0 Å². The molecule has 2 aromatic rings. The van der Waals surface area contributed by atoms with Crippen molar-refractivity contribution in [3.8, 4) is 11.5 Å². The van der Waals surface area contributed by atoms with Crippen molar-refractivity contribution in [1.29, 1.82) is 0 Å². The van der Waals surface area contributed by atoms with Crippen LogP contribution in [-0.4, -0.2) is 32.7 Å². The van der Waals surface area contributed by atoms with Crippen molar-refractivity contribution in [2.24, 2.45) is 0 Å². The molecule has 0 aliphatic carbocycles. The van der Waals surface area contributed by atoms with Gasteiger partial charge in [0.2, 0.25) is 0 Å². The average molecular weight is 479 g/mol. The quantitative estimate of drug-likeness (QED) is 0.363. The summed E-state index contributed by atoms with van der Waals surface area (Å²) >= 11 is 4.04. The molecule has 8 nitrogen and oxygen atoms in total. The number of ether oxygens (including phenoxy) is 1. The lowest BCUT2D eigenvalue weighted by Crippen LogP contribution is -2.27. The lowest BCUT2D eigenvalue weighted by Gasteiger charge is -2.12. The number of halogens is 1. The first-order valence-electron chi connectivity index (χ1n) is 8.44. The highest BCUT2D eigenvalue weighted by molar-refractivity contribution is 9.10. The van der Waals surface area contributed by atoms with Crippen molar-refractivity contribution in [2.75, 3.05) is 6.61 Å². The van der Waals surface area contributed by atoms with Gasteiger partial charge in [0.05, 0.1) is 27.5 Å². The van der Waals surface area contributed by atoms with Gasteiger partial charge in [0, 0.05) is 12.1 Å². The van der Waals surface area contributed by atoms with Gasteiger partial charge in [0.1, 0.15) is 0 Å². The van der Waals surface area contributed by atoms with Crippen molar-refractivity contribution in [2.45, 2.75) is 13.5 Å². The number of phenols is 1. The van der Waals surface area contributed by atoms with E-state index in [-0.39, 0.29) is 28.6 Å². The molecule has 0 atom stereocenters. The summed E-state index contributed by atoms with van der Waals surface area (Å²) in [7, 11) is 0. The van der Waals surface area contributed by atoms with Crippen molar-refractivity contribution in [3.63, 3.8) is 0 Å². The Morgan fingerprint density at radius 2 is 1.97 bits per heavy atom. The number of nitro groups is 1. The molecule has 29 heavy (non-hydrogen) atoms. The number of non-ortho nitro benzene ring substituents is 1. The van der Waals surface area contributed by atoms with Crippen molar-refractivity contribution in [3.05, 3.63) is 67.0 Å².